The second-order valence-electron chi connectivity index (χ2n) is 4.54. The minimum atomic E-state index is -0.101. The van der Waals surface area contributed by atoms with E-state index in [1.165, 1.54) is 7.11 Å². The number of aliphatic hydroxyl groups is 1. The number of carbonyl (C=O) groups excluding carboxylic acids is 1. The third-order valence-corrected chi connectivity index (χ3v) is 3.49. The first-order valence-electron chi connectivity index (χ1n) is 6.35. The Hall–Kier alpha value is -1.75. The standard InChI is InChI=1S/C14H19NO4/c1-18-11-5-6-12(13(8-11)19-2)14(17)15-7-3-4-10(15)9-16/h5-6,8,10,16H,3-4,7,9H2,1-2H3. The van der Waals surface area contributed by atoms with E-state index < -0.39 is 0 Å². The number of rotatable bonds is 4. The topological polar surface area (TPSA) is 59.0 Å². The van der Waals surface area contributed by atoms with E-state index in [9.17, 15) is 9.90 Å². The molecule has 1 unspecified atom stereocenters. The number of ether oxygens (including phenoxy) is 2. The lowest BCUT2D eigenvalue weighted by atomic mass is 10.1. The number of hydrogen-bond acceptors (Lipinski definition) is 4. The minimum Gasteiger partial charge on any atom is -0.497 e. The summed E-state index contributed by atoms with van der Waals surface area (Å²) in [4.78, 5) is 14.2. The summed E-state index contributed by atoms with van der Waals surface area (Å²) >= 11 is 0. The van der Waals surface area contributed by atoms with Crippen LogP contribution in [0, 0.1) is 0 Å². The lowest BCUT2D eigenvalue weighted by molar-refractivity contribution is 0.0674. The van der Waals surface area contributed by atoms with Gasteiger partial charge in [-0.05, 0) is 25.0 Å². The Morgan fingerprint density at radius 3 is 2.84 bits per heavy atom. The summed E-state index contributed by atoms with van der Waals surface area (Å²) in [5.74, 6) is 1.04. The van der Waals surface area contributed by atoms with Gasteiger partial charge in [-0.3, -0.25) is 4.79 Å². The summed E-state index contributed by atoms with van der Waals surface area (Å²) in [6.07, 6.45) is 1.77. The van der Waals surface area contributed by atoms with Gasteiger partial charge in [0.25, 0.3) is 5.91 Å². The van der Waals surface area contributed by atoms with Crippen molar-refractivity contribution in [2.75, 3.05) is 27.4 Å². The molecule has 1 saturated heterocycles. The number of nitrogens with zero attached hydrogens (tertiary/aromatic N) is 1. The number of amides is 1. The number of methoxy groups -OCH3 is 2. The molecule has 1 aliphatic heterocycles. The van der Waals surface area contributed by atoms with Crippen molar-refractivity contribution in [3.05, 3.63) is 23.8 Å². The Labute approximate surface area is 112 Å². The Kier molecular flexibility index (Phi) is 4.27. The highest BCUT2D eigenvalue weighted by atomic mass is 16.5. The molecule has 1 aromatic rings. The van der Waals surface area contributed by atoms with Crippen LogP contribution in [-0.2, 0) is 0 Å². The van der Waals surface area contributed by atoms with Crippen LogP contribution < -0.4 is 9.47 Å². The van der Waals surface area contributed by atoms with Gasteiger partial charge in [-0.15, -0.1) is 0 Å². The Morgan fingerprint density at radius 1 is 1.42 bits per heavy atom. The fourth-order valence-corrected chi connectivity index (χ4v) is 2.42. The molecule has 0 spiro atoms. The quantitative estimate of drug-likeness (QED) is 0.891. The zero-order valence-corrected chi connectivity index (χ0v) is 11.3. The molecule has 1 N–H and O–H groups in total. The fourth-order valence-electron chi connectivity index (χ4n) is 2.42. The number of benzene rings is 1. The van der Waals surface area contributed by atoms with Crippen molar-refractivity contribution in [2.45, 2.75) is 18.9 Å². The monoisotopic (exact) mass is 265 g/mol. The molecule has 0 saturated carbocycles. The van der Waals surface area contributed by atoms with E-state index in [0.717, 1.165) is 12.8 Å². The molecule has 1 atom stereocenters. The lowest BCUT2D eigenvalue weighted by Gasteiger charge is -2.24. The molecular weight excluding hydrogens is 246 g/mol. The summed E-state index contributed by atoms with van der Waals surface area (Å²) < 4.78 is 10.4. The molecule has 1 aliphatic rings. The van der Waals surface area contributed by atoms with E-state index in [2.05, 4.69) is 0 Å². The first-order chi connectivity index (χ1) is 9.21. The maximum absolute atomic E-state index is 12.5. The van der Waals surface area contributed by atoms with E-state index in [0.29, 0.717) is 23.6 Å². The molecule has 0 radical (unpaired) electrons. The average molecular weight is 265 g/mol. The van der Waals surface area contributed by atoms with Gasteiger partial charge < -0.3 is 19.5 Å². The molecule has 1 heterocycles. The molecule has 19 heavy (non-hydrogen) atoms. The highest BCUT2D eigenvalue weighted by Gasteiger charge is 2.30. The van der Waals surface area contributed by atoms with Gasteiger partial charge in [0.2, 0.25) is 0 Å². The summed E-state index contributed by atoms with van der Waals surface area (Å²) in [6.45, 7) is 0.684. The van der Waals surface area contributed by atoms with Crippen molar-refractivity contribution in [2.24, 2.45) is 0 Å². The van der Waals surface area contributed by atoms with Gasteiger partial charge in [-0.25, -0.2) is 0 Å². The molecular formula is C14H19NO4. The largest absolute Gasteiger partial charge is 0.497 e. The van der Waals surface area contributed by atoms with E-state index in [-0.39, 0.29) is 18.6 Å². The fraction of sp³-hybridized carbons (Fsp3) is 0.500. The lowest BCUT2D eigenvalue weighted by Crippen LogP contribution is -2.37. The van der Waals surface area contributed by atoms with Crippen LogP contribution in [-0.4, -0.2) is 49.3 Å². The predicted molar refractivity (Wildman–Crippen MR) is 70.7 cm³/mol. The minimum absolute atomic E-state index is 0.00418. The predicted octanol–water partition coefficient (Wildman–Crippen LogP) is 1.30. The van der Waals surface area contributed by atoms with Crippen molar-refractivity contribution in [3.8, 4) is 11.5 Å². The average Bonchev–Trinajstić information content (AvgIpc) is 2.94. The van der Waals surface area contributed by atoms with Crippen molar-refractivity contribution in [1.29, 1.82) is 0 Å². The second kappa shape index (κ2) is 5.93. The maximum atomic E-state index is 12.5. The number of carbonyl (C=O) groups is 1. The summed E-state index contributed by atoms with van der Waals surface area (Å²) in [7, 11) is 3.09. The molecule has 104 valence electrons. The van der Waals surface area contributed by atoms with Crippen molar-refractivity contribution in [3.63, 3.8) is 0 Å². The van der Waals surface area contributed by atoms with Crippen LogP contribution in [0.5, 0.6) is 11.5 Å². The van der Waals surface area contributed by atoms with Crippen LogP contribution in [0.25, 0.3) is 0 Å². The number of aliphatic hydroxyl groups excluding tert-OH is 1. The second-order valence-corrected chi connectivity index (χ2v) is 4.54. The highest BCUT2D eigenvalue weighted by Crippen LogP contribution is 2.28. The van der Waals surface area contributed by atoms with Crippen LogP contribution in [0.2, 0.25) is 0 Å². The number of hydrogen-bond donors (Lipinski definition) is 1. The van der Waals surface area contributed by atoms with Gasteiger partial charge in [0.05, 0.1) is 32.4 Å². The molecule has 5 nitrogen and oxygen atoms in total. The molecule has 2 rings (SSSR count). The summed E-state index contributed by atoms with van der Waals surface area (Å²) in [5.41, 5.74) is 0.503. The van der Waals surface area contributed by atoms with Gasteiger partial charge in [-0.1, -0.05) is 0 Å². The van der Waals surface area contributed by atoms with Crippen molar-refractivity contribution < 1.29 is 19.4 Å². The molecule has 0 aliphatic carbocycles. The van der Waals surface area contributed by atoms with Gasteiger partial charge in [-0.2, -0.15) is 0 Å². The highest BCUT2D eigenvalue weighted by molar-refractivity contribution is 5.97. The van der Waals surface area contributed by atoms with Crippen LogP contribution in [0.1, 0.15) is 23.2 Å². The van der Waals surface area contributed by atoms with Crippen LogP contribution in [0.4, 0.5) is 0 Å². The zero-order valence-electron chi connectivity index (χ0n) is 11.3. The molecule has 1 amide bonds. The Bertz CT molecular complexity index is 461. The molecule has 1 fully saturated rings. The van der Waals surface area contributed by atoms with Crippen LogP contribution >= 0.6 is 0 Å². The molecule has 1 aromatic carbocycles. The third kappa shape index (κ3) is 2.66. The van der Waals surface area contributed by atoms with E-state index >= 15 is 0 Å². The summed E-state index contributed by atoms with van der Waals surface area (Å²) in [6, 6.07) is 5.04. The molecule has 5 heteroatoms. The SMILES string of the molecule is COc1ccc(C(=O)N2CCCC2CO)c(OC)c1. The third-order valence-electron chi connectivity index (χ3n) is 3.49. The molecule has 0 bridgehead atoms. The first kappa shape index (κ1) is 13.7. The number of likely N-dealkylation sites (tertiary alicyclic amines) is 1. The van der Waals surface area contributed by atoms with Crippen LogP contribution in [0.3, 0.4) is 0 Å². The van der Waals surface area contributed by atoms with Crippen molar-refractivity contribution in [1.82, 2.24) is 4.90 Å². The van der Waals surface area contributed by atoms with Crippen LogP contribution in [0.15, 0.2) is 18.2 Å². The van der Waals surface area contributed by atoms with E-state index in [1.54, 1.807) is 30.2 Å². The zero-order chi connectivity index (χ0) is 13.8. The van der Waals surface area contributed by atoms with E-state index in [1.807, 2.05) is 0 Å². The molecule has 0 aromatic heterocycles. The normalized spacial score (nSPS) is 18.5. The summed E-state index contributed by atoms with van der Waals surface area (Å²) in [5, 5.41) is 9.30. The van der Waals surface area contributed by atoms with Gasteiger partial charge in [0, 0.05) is 12.6 Å². The van der Waals surface area contributed by atoms with Gasteiger partial charge in [0.15, 0.2) is 0 Å². The van der Waals surface area contributed by atoms with Crippen molar-refractivity contribution >= 4 is 5.91 Å². The smallest absolute Gasteiger partial charge is 0.257 e. The first-order valence-corrected chi connectivity index (χ1v) is 6.35. The Balaban J connectivity index is 2.28. The Morgan fingerprint density at radius 2 is 2.21 bits per heavy atom. The van der Waals surface area contributed by atoms with E-state index in [4.69, 9.17) is 9.47 Å². The maximum Gasteiger partial charge on any atom is 0.257 e. The van der Waals surface area contributed by atoms with Gasteiger partial charge >= 0.3 is 0 Å². The van der Waals surface area contributed by atoms with Gasteiger partial charge in [0.1, 0.15) is 11.5 Å².